The monoisotopic (exact) mass is 255 g/mol. The Balaban J connectivity index is 1.76. The molecule has 3 rings (SSSR count). The first-order valence-corrected chi connectivity index (χ1v) is 6.59. The van der Waals surface area contributed by atoms with E-state index in [-0.39, 0.29) is 0 Å². The number of ether oxygens (including phenoxy) is 1. The lowest BCUT2D eigenvalue weighted by molar-refractivity contribution is 0.0770. The lowest BCUT2D eigenvalue weighted by Gasteiger charge is -2.23. The second-order valence-electron chi connectivity index (χ2n) is 4.70. The molecule has 0 bridgehead atoms. The van der Waals surface area contributed by atoms with Crippen LogP contribution in [0.25, 0.3) is 11.4 Å². The zero-order chi connectivity index (χ0) is 12.9. The first-order chi connectivity index (χ1) is 9.42. The van der Waals surface area contributed by atoms with Gasteiger partial charge in [-0.2, -0.15) is 0 Å². The summed E-state index contributed by atoms with van der Waals surface area (Å²) in [6.07, 6.45) is 4.51. The van der Waals surface area contributed by atoms with Crippen molar-refractivity contribution in [3.63, 3.8) is 0 Å². The van der Waals surface area contributed by atoms with Gasteiger partial charge in [0, 0.05) is 30.5 Å². The van der Waals surface area contributed by atoms with Gasteiger partial charge < -0.3 is 10.1 Å². The highest BCUT2D eigenvalue weighted by atomic mass is 16.5. The smallest absolute Gasteiger partial charge is 0.159 e. The van der Waals surface area contributed by atoms with E-state index in [1.165, 1.54) is 5.56 Å². The maximum Gasteiger partial charge on any atom is 0.159 e. The Morgan fingerprint density at radius 1 is 1.21 bits per heavy atom. The summed E-state index contributed by atoms with van der Waals surface area (Å²) in [5, 5.41) is 3.47. The number of nitrogens with one attached hydrogen (secondary N) is 1. The predicted molar refractivity (Wildman–Crippen MR) is 73.8 cm³/mol. The minimum Gasteiger partial charge on any atom is -0.379 e. The van der Waals surface area contributed by atoms with Crippen molar-refractivity contribution in [3.8, 4) is 11.4 Å². The Morgan fingerprint density at radius 2 is 2.11 bits per heavy atom. The molecule has 98 valence electrons. The van der Waals surface area contributed by atoms with Crippen LogP contribution in [0.1, 0.15) is 5.56 Å². The van der Waals surface area contributed by atoms with Crippen LogP contribution in [0.2, 0.25) is 0 Å². The molecule has 1 aliphatic heterocycles. The minimum absolute atomic E-state index is 0.403. The van der Waals surface area contributed by atoms with E-state index in [4.69, 9.17) is 4.74 Å². The van der Waals surface area contributed by atoms with Gasteiger partial charge in [-0.05, 0) is 24.1 Å². The maximum atomic E-state index is 5.48. The summed E-state index contributed by atoms with van der Waals surface area (Å²) in [5.74, 6) is 0.775. The van der Waals surface area contributed by atoms with Crippen molar-refractivity contribution < 1.29 is 4.74 Å². The van der Waals surface area contributed by atoms with Crippen LogP contribution in [0, 0.1) is 0 Å². The molecular weight excluding hydrogens is 238 g/mol. The third kappa shape index (κ3) is 3.16. The van der Waals surface area contributed by atoms with Crippen LogP contribution in [0.3, 0.4) is 0 Å². The fourth-order valence-electron chi connectivity index (χ4n) is 2.32. The SMILES string of the molecule is c1cnc(-c2cccc(CC3COCCN3)c2)nc1. The van der Waals surface area contributed by atoms with E-state index in [0.29, 0.717) is 6.04 Å². The van der Waals surface area contributed by atoms with Crippen LogP contribution in [0.4, 0.5) is 0 Å². The average molecular weight is 255 g/mol. The van der Waals surface area contributed by atoms with Gasteiger partial charge in [0.25, 0.3) is 0 Å². The van der Waals surface area contributed by atoms with Crippen LogP contribution >= 0.6 is 0 Å². The van der Waals surface area contributed by atoms with E-state index >= 15 is 0 Å². The normalized spacial score (nSPS) is 19.3. The molecule has 1 N–H and O–H groups in total. The molecule has 0 spiro atoms. The fourth-order valence-corrected chi connectivity index (χ4v) is 2.32. The van der Waals surface area contributed by atoms with Crippen molar-refractivity contribution in [2.45, 2.75) is 12.5 Å². The molecule has 2 aromatic rings. The van der Waals surface area contributed by atoms with E-state index in [1.807, 2.05) is 12.1 Å². The van der Waals surface area contributed by atoms with Gasteiger partial charge in [-0.3, -0.25) is 0 Å². The van der Waals surface area contributed by atoms with E-state index in [0.717, 1.165) is 37.6 Å². The lowest BCUT2D eigenvalue weighted by atomic mass is 10.0. The lowest BCUT2D eigenvalue weighted by Crippen LogP contribution is -2.42. The van der Waals surface area contributed by atoms with Crippen molar-refractivity contribution >= 4 is 0 Å². The van der Waals surface area contributed by atoms with Crippen LogP contribution in [-0.2, 0) is 11.2 Å². The fraction of sp³-hybridized carbons (Fsp3) is 0.333. The molecule has 1 unspecified atom stereocenters. The molecule has 1 aromatic carbocycles. The minimum atomic E-state index is 0.403. The van der Waals surface area contributed by atoms with Gasteiger partial charge in [0.15, 0.2) is 5.82 Å². The molecule has 4 heteroatoms. The third-order valence-electron chi connectivity index (χ3n) is 3.23. The molecule has 1 saturated heterocycles. The zero-order valence-electron chi connectivity index (χ0n) is 10.7. The third-order valence-corrected chi connectivity index (χ3v) is 3.23. The molecule has 1 fully saturated rings. The molecule has 0 amide bonds. The van der Waals surface area contributed by atoms with Crippen molar-refractivity contribution in [1.82, 2.24) is 15.3 Å². The zero-order valence-corrected chi connectivity index (χ0v) is 10.7. The topological polar surface area (TPSA) is 47.0 Å². The number of nitrogens with zero attached hydrogens (tertiary/aromatic N) is 2. The van der Waals surface area contributed by atoms with Crippen molar-refractivity contribution in [2.24, 2.45) is 0 Å². The van der Waals surface area contributed by atoms with Crippen molar-refractivity contribution in [2.75, 3.05) is 19.8 Å². The number of benzene rings is 1. The molecule has 0 aliphatic carbocycles. The van der Waals surface area contributed by atoms with E-state index < -0.39 is 0 Å². The molecule has 19 heavy (non-hydrogen) atoms. The van der Waals surface area contributed by atoms with Gasteiger partial charge in [0.05, 0.1) is 13.2 Å². The van der Waals surface area contributed by atoms with Crippen LogP contribution < -0.4 is 5.32 Å². The second kappa shape index (κ2) is 5.91. The second-order valence-corrected chi connectivity index (χ2v) is 4.70. The highest BCUT2D eigenvalue weighted by molar-refractivity contribution is 5.55. The summed E-state index contributed by atoms with van der Waals surface area (Å²) in [6, 6.07) is 10.6. The standard InChI is InChI=1S/C15H17N3O/c1-3-12(10-14-11-19-8-7-16-14)9-13(4-1)15-17-5-2-6-18-15/h1-6,9,14,16H,7-8,10-11H2. The van der Waals surface area contributed by atoms with Crippen LogP contribution in [0.5, 0.6) is 0 Å². The molecule has 1 aliphatic rings. The highest BCUT2D eigenvalue weighted by Crippen LogP contribution is 2.17. The van der Waals surface area contributed by atoms with Crippen molar-refractivity contribution in [3.05, 3.63) is 48.3 Å². The summed E-state index contributed by atoms with van der Waals surface area (Å²) in [6.45, 7) is 2.53. The number of hydrogen-bond donors (Lipinski definition) is 1. The van der Waals surface area contributed by atoms with Crippen LogP contribution in [0.15, 0.2) is 42.7 Å². The molecule has 1 atom stereocenters. The van der Waals surface area contributed by atoms with Gasteiger partial charge in [0.2, 0.25) is 0 Å². The molecule has 0 saturated carbocycles. The Labute approximate surface area is 112 Å². The van der Waals surface area contributed by atoms with Gasteiger partial charge in [0.1, 0.15) is 0 Å². The Hall–Kier alpha value is -1.78. The first kappa shape index (κ1) is 12.3. The first-order valence-electron chi connectivity index (χ1n) is 6.59. The Bertz CT molecular complexity index is 524. The molecule has 1 aromatic heterocycles. The average Bonchev–Trinajstić information content (AvgIpc) is 2.49. The van der Waals surface area contributed by atoms with Crippen molar-refractivity contribution in [1.29, 1.82) is 0 Å². The molecule has 0 radical (unpaired) electrons. The largest absolute Gasteiger partial charge is 0.379 e. The van der Waals surface area contributed by atoms with E-state index in [9.17, 15) is 0 Å². The van der Waals surface area contributed by atoms with Gasteiger partial charge in [-0.1, -0.05) is 18.2 Å². The van der Waals surface area contributed by atoms with Gasteiger partial charge in [-0.15, -0.1) is 0 Å². The summed E-state index contributed by atoms with van der Waals surface area (Å²) in [7, 11) is 0. The van der Waals surface area contributed by atoms with E-state index in [1.54, 1.807) is 12.4 Å². The van der Waals surface area contributed by atoms with E-state index in [2.05, 4.69) is 33.5 Å². The maximum absolute atomic E-state index is 5.48. The summed E-state index contributed by atoms with van der Waals surface area (Å²) in [5.41, 5.74) is 2.35. The number of rotatable bonds is 3. The molecule has 2 heterocycles. The van der Waals surface area contributed by atoms with Gasteiger partial charge in [-0.25, -0.2) is 9.97 Å². The Morgan fingerprint density at radius 3 is 2.89 bits per heavy atom. The quantitative estimate of drug-likeness (QED) is 0.906. The molecular formula is C15H17N3O. The summed E-state index contributed by atoms with van der Waals surface area (Å²) >= 11 is 0. The predicted octanol–water partition coefficient (Wildman–Crippen LogP) is 1.67. The highest BCUT2D eigenvalue weighted by Gasteiger charge is 2.13. The Kier molecular flexibility index (Phi) is 3.81. The number of aromatic nitrogens is 2. The summed E-state index contributed by atoms with van der Waals surface area (Å²) in [4.78, 5) is 8.57. The van der Waals surface area contributed by atoms with Crippen LogP contribution in [-0.4, -0.2) is 35.8 Å². The summed E-state index contributed by atoms with van der Waals surface area (Å²) < 4.78 is 5.48. The van der Waals surface area contributed by atoms with Gasteiger partial charge >= 0.3 is 0 Å². The number of morpholine rings is 1. The molecule has 4 nitrogen and oxygen atoms in total. The number of hydrogen-bond acceptors (Lipinski definition) is 4.